The van der Waals surface area contributed by atoms with Crippen LogP contribution in [0.3, 0.4) is 0 Å². The Morgan fingerprint density at radius 1 is 1.77 bits per heavy atom. The second kappa shape index (κ2) is 3.06. The molecule has 0 radical (unpaired) electrons. The van der Waals surface area contributed by atoms with Crippen molar-refractivity contribution in [2.75, 3.05) is 25.6 Å². The molecule has 3 N–H and O–H groups in total. The predicted molar refractivity (Wildman–Crippen MR) is 44.9 cm³/mol. The third-order valence-corrected chi connectivity index (χ3v) is 1.92. The van der Waals surface area contributed by atoms with Crippen LogP contribution in [0.2, 0.25) is 0 Å². The Hall–Kier alpha value is -1.56. The molecule has 0 unspecified atom stereocenters. The summed E-state index contributed by atoms with van der Waals surface area (Å²) in [5.74, 6) is -0.160. The van der Waals surface area contributed by atoms with Crippen molar-refractivity contribution >= 4 is 11.6 Å². The minimum atomic E-state index is -0.160. The van der Waals surface area contributed by atoms with Crippen LogP contribution in [0.4, 0.5) is 5.69 Å². The van der Waals surface area contributed by atoms with E-state index < -0.39 is 0 Å². The summed E-state index contributed by atoms with van der Waals surface area (Å²) in [6.45, 7) is 1.52. The smallest absolute Gasteiger partial charge is 0.275 e. The number of rotatable bonds is 1. The first-order valence-corrected chi connectivity index (χ1v) is 3.95. The predicted octanol–water partition coefficient (Wildman–Crippen LogP) is -0.578. The number of hydrogen-bond acceptors (Lipinski definition) is 4. The third kappa shape index (κ3) is 1.35. The van der Waals surface area contributed by atoms with Crippen LogP contribution in [0, 0.1) is 0 Å². The Morgan fingerprint density at radius 3 is 3.15 bits per heavy atom. The Morgan fingerprint density at radius 2 is 2.62 bits per heavy atom. The number of nitrogens with two attached hydrogens (primary N) is 1. The van der Waals surface area contributed by atoms with Crippen LogP contribution in [0.5, 0.6) is 0 Å². The van der Waals surface area contributed by atoms with Crippen LogP contribution in [0.1, 0.15) is 10.5 Å². The summed E-state index contributed by atoms with van der Waals surface area (Å²) in [6, 6.07) is 0. The number of nitrogen functional groups attached to an aromatic ring is 1. The van der Waals surface area contributed by atoms with E-state index in [0.29, 0.717) is 31.3 Å². The van der Waals surface area contributed by atoms with Gasteiger partial charge in [0, 0.05) is 6.54 Å². The van der Waals surface area contributed by atoms with E-state index in [9.17, 15) is 4.79 Å². The van der Waals surface area contributed by atoms with Gasteiger partial charge >= 0.3 is 0 Å². The molecule has 0 spiro atoms. The lowest BCUT2D eigenvalue weighted by molar-refractivity contribution is 0.0690. The minimum absolute atomic E-state index is 0.160. The van der Waals surface area contributed by atoms with Gasteiger partial charge in [-0.15, -0.1) is 0 Å². The first-order valence-electron chi connectivity index (χ1n) is 3.95. The number of nitrogens with zero attached hydrogens (tertiary/aromatic N) is 2. The van der Waals surface area contributed by atoms with Crippen molar-refractivity contribution in [1.29, 1.82) is 0 Å². The fourth-order valence-electron chi connectivity index (χ4n) is 1.20. The number of hydrogen-bond donors (Lipinski definition) is 2. The van der Waals surface area contributed by atoms with E-state index in [1.807, 2.05) is 0 Å². The fraction of sp³-hybridized carbons (Fsp3) is 0.429. The molecule has 0 bridgehead atoms. The first kappa shape index (κ1) is 8.06. The molecule has 70 valence electrons. The number of amides is 1. The van der Waals surface area contributed by atoms with Gasteiger partial charge in [0.05, 0.1) is 18.5 Å². The number of ether oxygens (including phenoxy) is 1. The number of aromatic amines is 1. The number of carbonyl (C=O) groups is 1. The fourth-order valence-corrected chi connectivity index (χ4v) is 1.20. The van der Waals surface area contributed by atoms with Gasteiger partial charge in [-0.1, -0.05) is 0 Å². The zero-order valence-corrected chi connectivity index (χ0v) is 6.99. The van der Waals surface area contributed by atoms with Gasteiger partial charge in [-0.05, 0) is 0 Å². The molecule has 6 heteroatoms. The van der Waals surface area contributed by atoms with Gasteiger partial charge < -0.3 is 15.4 Å². The zero-order chi connectivity index (χ0) is 9.26. The van der Waals surface area contributed by atoms with E-state index in [-0.39, 0.29) is 5.91 Å². The van der Waals surface area contributed by atoms with Gasteiger partial charge in [-0.3, -0.25) is 9.89 Å². The van der Waals surface area contributed by atoms with E-state index in [4.69, 9.17) is 10.5 Å². The molecule has 0 aliphatic carbocycles. The molecule has 1 aliphatic rings. The molecule has 2 heterocycles. The topological polar surface area (TPSA) is 84.2 Å². The van der Waals surface area contributed by atoms with Gasteiger partial charge in [0.2, 0.25) is 0 Å². The van der Waals surface area contributed by atoms with E-state index >= 15 is 0 Å². The average Bonchev–Trinajstić information content (AvgIpc) is 2.72. The van der Waals surface area contributed by atoms with E-state index in [1.165, 1.54) is 6.20 Å². The standard InChI is InChI=1S/C7H10N4O2/c8-5-3-9-10-6(5)7(12)11-1-2-13-4-11/h3H,1-2,4,8H2,(H,9,10). The van der Waals surface area contributed by atoms with E-state index in [0.717, 1.165) is 0 Å². The maximum atomic E-state index is 11.6. The van der Waals surface area contributed by atoms with Crippen molar-refractivity contribution < 1.29 is 9.53 Å². The van der Waals surface area contributed by atoms with Crippen molar-refractivity contribution in [2.45, 2.75) is 0 Å². The van der Waals surface area contributed by atoms with Gasteiger partial charge in [0.1, 0.15) is 12.4 Å². The molecule has 1 fully saturated rings. The highest BCUT2D eigenvalue weighted by Crippen LogP contribution is 2.11. The summed E-state index contributed by atoms with van der Waals surface area (Å²) in [4.78, 5) is 13.2. The molecule has 0 saturated carbocycles. The van der Waals surface area contributed by atoms with E-state index in [1.54, 1.807) is 4.90 Å². The van der Waals surface area contributed by atoms with Gasteiger partial charge in [0.25, 0.3) is 5.91 Å². The molecule has 13 heavy (non-hydrogen) atoms. The summed E-state index contributed by atoms with van der Waals surface area (Å²) >= 11 is 0. The largest absolute Gasteiger partial charge is 0.396 e. The molecule has 2 rings (SSSR count). The van der Waals surface area contributed by atoms with Crippen LogP contribution in [0.25, 0.3) is 0 Å². The van der Waals surface area contributed by atoms with Crippen LogP contribution in [-0.4, -0.2) is 40.9 Å². The van der Waals surface area contributed by atoms with Gasteiger partial charge in [-0.25, -0.2) is 0 Å². The lowest BCUT2D eigenvalue weighted by atomic mass is 10.3. The third-order valence-electron chi connectivity index (χ3n) is 1.92. The molecular formula is C7H10N4O2. The Bertz CT molecular complexity index is 316. The molecule has 6 nitrogen and oxygen atoms in total. The molecule has 1 aliphatic heterocycles. The molecule has 1 saturated heterocycles. The van der Waals surface area contributed by atoms with E-state index in [2.05, 4.69) is 10.2 Å². The quantitative estimate of drug-likeness (QED) is 0.608. The van der Waals surface area contributed by atoms with Gasteiger partial charge in [-0.2, -0.15) is 5.10 Å². The SMILES string of the molecule is Nc1cn[nH]c1C(=O)N1CCOC1. The number of carbonyl (C=O) groups excluding carboxylic acids is 1. The van der Waals surface area contributed by atoms with Crippen LogP contribution >= 0.6 is 0 Å². The van der Waals surface area contributed by atoms with Gasteiger partial charge in [0.15, 0.2) is 0 Å². The molecule has 1 aromatic heterocycles. The monoisotopic (exact) mass is 182 g/mol. The highest BCUT2D eigenvalue weighted by Gasteiger charge is 2.22. The van der Waals surface area contributed by atoms with Crippen LogP contribution < -0.4 is 5.73 Å². The second-order valence-corrected chi connectivity index (χ2v) is 2.81. The number of nitrogens with one attached hydrogen (secondary N) is 1. The van der Waals surface area contributed by atoms with Crippen molar-refractivity contribution in [3.63, 3.8) is 0 Å². The zero-order valence-electron chi connectivity index (χ0n) is 6.99. The normalized spacial score (nSPS) is 16.5. The highest BCUT2D eigenvalue weighted by molar-refractivity contribution is 5.96. The lowest BCUT2D eigenvalue weighted by Crippen LogP contribution is -2.29. The summed E-state index contributed by atoms with van der Waals surface area (Å²) < 4.78 is 5.05. The average molecular weight is 182 g/mol. The lowest BCUT2D eigenvalue weighted by Gasteiger charge is -2.11. The molecule has 1 amide bonds. The summed E-state index contributed by atoms with van der Waals surface area (Å²) in [5, 5.41) is 6.24. The Kier molecular flexibility index (Phi) is 1.90. The van der Waals surface area contributed by atoms with Crippen molar-refractivity contribution in [1.82, 2.24) is 15.1 Å². The summed E-state index contributed by atoms with van der Waals surface area (Å²) in [5.41, 5.74) is 6.24. The van der Waals surface area contributed by atoms with Crippen LogP contribution in [0.15, 0.2) is 6.20 Å². The number of H-pyrrole nitrogens is 1. The number of anilines is 1. The van der Waals surface area contributed by atoms with Crippen molar-refractivity contribution in [2.24, 2.45) is 0 Å². The highest BCUT2D eigenvalue weighted by atomic mass is 16.5. The minimum Gasteiger partial charge on any atom is -0.396 e. The summed E-state index contributed by atoms with van der Waals surface area (Å²) in [7, 11) is 0. The summed E-state index contributed by atoms with van der Waals surface area (Å²) in [6.07, 6.45) is 1.42. The number of aromatic nitrogens is 2. The molecular weight excluding hydrogens is 172 g/mol. The Labute approximate surface area is 74.7 Å². The maximum absolute atomic E-state index is 11.6. The molecule has 0 aromatic carbocycles. The van der Waals surface area contributed by atoms with Crippen molar-refractivity contribution in [3.05, 3.63) is 11.9 Å². The Balaban J connectivity index is 2.17. The molecule has 0 atom stereocenters. The van der Waals surface area contributed by atoms with Crippen molar-refractivity contribution in [3.8, 4) is 0 Å². The van der Waals surface area contributed by atoms with Crippen LogP contribution in [-0.2, 0) is 4.74 Å². The molecule has 1 aromatic rings. The second-order valence-electron chi connectivity index (χ2n) is 2.81. The first-order chi connectivity index (χ1) is 6.29. The maximum Gasteiger partial charge on any atom is 0.275 e.